The van der Waals surface area contributed by atoms with E-state index in [9.17, 15) is 4.79 Å². The van der Waals surface area contributed by atoms with Crippen LogP contribution in [-0.2, 0) is 23.5 Å². The van der Waals surface area contributed by atoms with Gasteiger partial charge in [-0.3, -0.25) is 0 Å². The molecule has 0 aliphatic carbocycles. The molecular weight excluding hydrogens is 311 g/mol. The molecule has 128 valence electrons. The fraction of sp³-hybridized carbons (Fsp3) is 0.929. The van der Waals surface area contributed by atoms with Crippen molar-refractivity contribution < 1.29 is 23.5 Å². The van der Waals surface area contributed by atoms with Gasteiger partial charge < -0.3 is 0 Å². The van der Waals surface area contributed by atoms with Crippen LogP contribution in [0.25, 0.3) is 0 Å². The monoisotopic (exact) mass is 342 g/mol. The van der Waals surface area contributed by atoms with Crippen molar-refractivity contribution in [1.29, 1.82) is 0 Å². The van der Waals surface area contributed by atoms with Crippen LogP contribution in [0.2, 0.25) is 0 Å². The molecule has 0 aliphatic rings. The van der Waals surface area contributed by atoms with Crippen LogP contribution < -0.4 is 0 Å². The van der Waals surface area contributed by atoms with Gasteiger partial charge in [-0.05, 0) is 0 Å². The van der Waals surface area contributed by atoms with Crippen LogP contribution in [0, 0.1) is 0 Å². The maximum atomic E-state index is 12.0. The maximum absolute atomic E-state index is 12.0. The van der Waals surface area contributed by atoms with Gasteiger partial charge in [-0.25, -0.2) is 0 Å². The molecular formula is C14H31O5PS. The van der Waals surface area contributed by atoms with E-state index in [2.05, 4.69) is 13.3 Å². The Bertz CT molecular complexity index is 299. The zero-order valence-corrected chi connectivity index (χ0v) is 15.8. The third-order valence-corrected chi connectivity index (χ3v) is 7.87. The number of hydrogen-bond donors (Lipinski definition) is 0. The summed E-state index contributed by atoms with van der Waals surface area (Å²) in [6.45, 7) is 3.91. The second-order valence-corrected chi connectivity index (χ2v) is 13.0. The molecule has 0 aromatic heterocycles. The third kappa shape index (κ3) is 10.5. The van der Waals surface area contributed by atoms with Crippen molar-refractivity contribution in [2.24, 2.45) is 0 Å². The summed E-state index contributed by atoms with van der Waals surface area (Å²) in [7, 11) is 3.32. The van der Waals surface area contributed by atoms with Crippen LogP contribution in [-0.4, -0.2) is 84.3 Å². The number of methoxy groups -OCH3 is 2. The first-order valence-electron chi connectivity index (χ1n) is 7.14. The Morgan fingerprint density at radius 1 is 1.00 bits per heavy atom. The van der Waals surface area contributed by atoms with E-state index < -0.39 is 6.83 Å². The molecule has 0 N–H and O–H groups in total. The van der Waals surface area contributed by atoms with Crippen molar-refractivity contribution in [3.8, 4) is 0 Å². The molecule has 0 fully saturated rings. The summed E-state index contributed by atoms with van der Waals surface area (Å²) >= 11 is 1.65. The number of rotatable bonds is 13. The Hall–Kier alpha value is 0.130. The first kappa shape index (κ1) is 21.1. The zero-order chi connectivity index (χ0) is 16.2. The second kappa shape index (κ2) is 10.8. The zero-order valence-electron chi connectivity index (χ0n) is 14.1. The van der Waals surface area contributed by atoms with E-state index in [1.165, 1.54) is 0 Å². The molecule has 5 nitrogen and oxygen atoms in total. The molecule has 0 unspecified atom stereocenters. The summed E-state index contributed by atoms with van der Waals surface area (Å²) in [5, 5.41) is 0. The molecule has 7 heteroatoms. The average molecular weight is 342 g/mol. The number of carbonyl (C=O) groups is 1. The molecule has 0 radical (unpaired) electrons. The molecule has 0 rings (SSSR count). The Labute approximate surface area is 133 Å². The summed E-state index contributed by atoms with van der Waals surface area (Å²) < 4.78 is 21.6. The van der Waals surface area contributed by atoms with Gasteiger partial charge in [0.15, 0.2) is 0 Å². The van der Waals surface area contributed by atoms with Gasteiger partial charge in [-0.1, -0.05) is 0 Å². The van der Waals surface area contributed by atoms with Gasteiger partial charge in [0.2, 0.25) is 0 Å². The summed E-state index contributed by atoms with van der Waals surface area (Å²) in [6.07, 6.45) is 3.96. The molecule has 0 saturated carbocycles. The predicted molar refractivity (Wildman–Crippen MR) is 92.2 cm³/mol. The van der Waals surface area contributed by atoms with E-state index in [1.807, 2.05) is 6.26 Å². The van der Waals surface area contributed by atoms with E-state index in [4.69, 9.17) is 18.7 Å². The van der Waals surface area contributed by atoms with Gasteiger partial charge in [0.25, 0.3) is 0 Å². The van der Waals surface area contributed by atoms with Gasteiger partial charge >= 0.3 is 133 Å². The van der Waals surface area contributed by atoms with Crippen molar-refractivity contribution in [2.45, 2.75) is 6.42 Å². The van der Waals surface area contributed by atoms with Crippen LogP contribution >= 0.6 is 18.6 Å². The van der Waals surface area contributed by atoms with Crippen molar-refractivity contribution in [3.05, 3.63) is 0 Å². The molecule has 0 aromatic rings. The normalized spacial score (nSPS) is 13.7. The van der Waals surface area contributed by atoms with Crippen LogP contribution in [0.3, 0.4) is 0 Å². The molecule has 0 amide bonds. The molecule has 0 spiro atoms. The second-order valence-electron chi connectivity index (χ2n) is 5.81. The topological polar surface area (TPSA) is 54.0 Å². The van der Waals surface area contributed by atoms with Crippen molar-refractivity contribution in [3.63, 3.8) is 0 Å². The van der Waals surface area contributed by atoms with Crippen LogP contribution in [0.1, 0.15) is 6.42 Å². The van der Waals surface area contributed by atoms with Crippen LogP contribution in [0.15, 0.2) is 0 Å². The van der Waals surface area contributed by atoms with Gasteiger partial charge in [-0.2, -0.15) is 0 Å². The Balaban J connectivity index is 4.49. The quantitative estimate of drug-likeness (QED) is 0.378. The van der Waals surface area contributed by atoms with Gasteiger partial charge in [-0.15, -0.1) is 0 Å². The molecule has 21 heavy (non-hydrogen) atoms. The van der Waals surface area contributed by atoms with E-state index in [-0.39, 0.29) is 5.97 Å². The first-order valence-corrected chi connectivity index (χ1v) is 12.0. The van der Waals surface area contributed by atoms with Gasteiger partial charge in [0.05, 0.1) is 0 Å². The number of thioether (sulfide) groups is 1. The first-order chi connectivity index (χ1) is 9.86. The summed E-state index contributed by atoms with van der Waals surface area (Å²) in [5.74, 6) is 0.681. The van der Waals surface area contributed by atoms with Gasteiger partial charge in [0.1, 0.15) is 0 Å². The summed E-state index contributed by atoms with van der Waals surface area (Å²) in [6, 6.07) is 0. The summed E-state index contributed by atoms with van der Waals surface area (Å²) in [5.41, 5.74) is 0. The number of carbonyl (C=O) groups excluding carboxylic acids is 1. The number of ether oxygens (including phenoxy) is 3. The molecule has 0 bridgehead atoms. The molecule has 0 aromatic carbocycles. The minimum atomic E-state index is -2.57. The molecule has 0 saturated heterocycles. The fourth-order valence-electron chi connectivity index (χ4n) is 1.75. The van der Waals surface area contributed by atoms with E-state index in [0.717, 1.165) is 18.1 Å². The van der Waals surface area contributed by atoms with Crippen LogP contribution in [0.5, 0.6) is 0 Å². The van der Waals surface area contributed by atoms with Gasteiger partial charge in [0, 0.05) is 0 Å². The number of hydrogen-bond acceptors (Lipinski definition) is 6. The van der Waals surface area contributed by atoms with Crippen molar-refractivity contribution in [1.82, 2.24) is 0 Å². The van der Waals surface area contributed by atoms with E-state index >= 15 is 0 Å². The third-order valence-electron chi connectivity index (χ3n) is 3.28. The Morgan fingerprint density at radius 2 is 1.62 bits per heavy atom. The van der Waals surface area contributed by atoms with Crippen molar-refractivity contribution >= 4 is 24.6 Å². The predicted octanol–water partition coefficient (Wildman–Crippen LogP) is 2.32. The Morgan fingerprint density at radius 3 is 2.19 bits per heavy atom. The van der Waals surface area contributed by atoms with Crippen LogP contribution in [0.4, 0.5) is 0 Å². The SMILES string of the molecule is COCCOCCP(C)(C)(CCOC)OC(=O)CCSC. The average Bonchev–Trinajstić information content (AvgIpc) is 2.43. The standard InChI is InChI=1S/C14H31O5PS/c1-16-7-8-18-10-12-20(3,4,11-9-17-2)19-14(15)6-13-21-5/h6-13H2,1-5H3. The fourth-order valence-corrected chi connectivity index (χ4v) is 4.76. The van der Waals surface area contributed by atoms with E-state index in [1.54, 1.807) is 26.0 Å². The molecule has 0 atom stereocenters. The van der Waals surface area contributed by atoms with E-state index in [0.29, 0.717) is 32.8 Å². The minimum absolute atomic E-state index is 0.111. The van der Waals surface area contributed by atoms with Crippen molar-refractivity contribution in [2.75, 3.05) is 78.3 Å². The molecule has 0 aliphatic heterocycles. The Kier molecular flexibility index (Phi) is 10.9. The summed E-state index contributed by atoms with van der Waals surface area (Å²) in [4.78, 5) is 12.0. The molecule has 0 heterocycles.